The first-order chi connectivity index (χ1) is 8.67. The summed E-state index contributed by atoms with van der Waals surface area (Å²) in [6, 6.07) is 0. The van der Waals surface area contributed by atoms with E-state index < -0.39 is 0 Å². The van der Waals surface area contributed by atoms with Crippen LogP contribution in [0.1, 0.15) is 32.1 Å². The van der Waals surface area contributed by atoms with Crippen LogP contribution in [0.25, 0.3) is 0 Å². The third-order valence-corrected chi connectivity index (χ3v) is 3.89. The Labute approximate surface area is 113 Å². The van der Waals surface area contributed by atoms with E-state index in [0.29, 0.717) is 12.2 Å². The van der Waals surface area contributed by atoms with Crippen molar-refractivity contribution in [3.8, 4) is 0 Å². The van der Waals surface area contributed by atoms with E-state index in [1.807, 2.05) is 6.20 Å². The van der Waals surface area contributed by atoms with Crippen molar-refractivity contribution >= 4 is 16.5 Å². The van der Waals surface area contributed by atoms with Gasteiger partial charge in [-0.05, 0) is 20.3 Å². The van der Waals surface area contributed by atoms with Crippen LogP contribution in [0, 0.1) is 0 Å². The average molecular weight is 269 g/mol. The van der Waals surface area contributed by atoms with Crippen molar-refractivity contribution in [3.05, 3.63) is 11.1 Å². The highest BCUT2D eigenvalue weighted by atomic mass is 32.1. The molecule has 1 N–H and O–H groups in total. The molecular weight excluding hydrogens is 246 g/mol. The first-order valence-electron chi connectivity index (χ1n) is 6.73. The maximum Gasteiger partial charge on any atom is 0.182 e. The van der Waals surface area contributed by atoms with E-state index in [9.17, 15) is 0 Å². The van der Waals surface area contributed by atoms with Crippen LogP contribution in [0.3, 0.4) is 0 Å². The van der Waals surface area contributed by atoms with Gasteiger partial charge in [-0.1, -0.05) is 6.92 Å². The van der Waals surface area contributed by atoms with Crippen LogP contribution < -0.4 is 5.32 Å². The van der Waals surface area contributed by atoms with Gasteiger partial charge >= 0.3 is 0 Å². The highest BCUT2D eigenvalue weighted by Crippen LogP contribution is 2.21. The molecule has 102 valence electrons. The van der Waals surface area contributed by atoms with Crippen molar-refractivity contribution in [2.45, 2.75) is 45.9 Å². The Morgan fingerprint density at radius 1 is 1.44 bits per heavy atom. The van der Waals surface area contributed by atoms with E-state index in [2.05, 4.69) is 36.0 Å². The summed E-state index contributed by atoms with van der Waals surface area (Å²) in [6.45, 7) is 10.5. The van der Waals surface area contributed by atoms with Crippen molar-refractivity contribution in [2.75, 3.05) is 25.0 Å². The second-order valence-corrected chi connectivity index (χ2v) is 6.13. The molecule has 2 atom stereocenters. The van der Waals surface area contributed by atoms with Crippen molar-refractivity contribution in [1.29, 1.82) is 0 Å². The molecule has 0 spiro atoms. The lowest BCUT2D eigenvalue weighted by Crippen LogP contribution is -2.44. The molecule has 5 heteroatoms. The Balaban J connectivity index is 1.86. The van der Waals surface area contributed by atoms with Gasteiger partial charge in [-0.2, -0.15) is 0 Å². The summed E-state index contributed by atoms with van der Waals surface area (Å²) in [5.74, 6) is 0. The Hall–Kier alpha value is -0.650. The van der Waals surface area contributed by atoms with Crippen LogP contribution in [0.5, 0.6) is 0 Å². The molecule has 0 radical (unpaired) electrons. The first-order valence-corrected chi connectivity index (χ1v) is 7.55. The molecule has 1 saturated heterocycles. The number of nitrogens with one attached hydrogen (secondary N) is 1. The van der Waals surface area contributed by atoms with Gasteiger partial charge in [-0.25, -0.2) is 4.98 Å². The zero-order valence-electron chi connectivity index (χ0n) is 11.5. The van der Waals surface area contributed by atoms with Gasteiger partial charge in [-0.15, -0.1) is 11.3 Å². The molecule has 0 bridgehead atoms. The third kappa shape index (κ3) is 3.93. The number of nitrogens with zero attached hydrogens (tertiary/aromatic N) is 2. The minimum absolute atomic E-state index is 0.333. The van der Waals surface area contributed by atoms with E-state index in [4.69, 9.17) is 4.74 Å². The van der Waals surface area contributed by atoms with E-state index in [1.165, 1.54) is 4.88 Å². The summed E-state index contributed by atoms with van der Waals surface area (Å²) in [4.78, 5) is 8.19. The molecule has 1 aromatic rings. The molecule has 0 aliphatic carbocycles. The third-order valence-electron chi connectivity index (χ3n) is 2.95. The quantitative estimate of drug-likeness (QED) is 0.891. The molecule has 4 nitrogen and oxygen atoms in total. The van der Waals surface area contributed by atoms with Crippen molar-refractivity contribution in [1.82, 2.24) is 9.88 Å². The van der Waals surface area contributed by atoms with Crippen LogP contribution in [0.2, 0.25) is 0 Å². The van der Waals surface area contributed by atoms with E-state index in [0.717, 1.165) is 37.7 Å². The number of aromatic nitrogens is 1. The summed E-state index contributed by atoms with van der Waals surface area (Å²) >= 11 is 1.76. The predicted molar refractivity (Wildman–Crippen MR) is 76.2 cm³/mol. The molecule has 1 aliphatic heterocycles. The van der Waals surface area contributed by atoms with Crippen molar-refractivity contribution < 1.29 is 4.74 Å². The molecule has 1 fully saturated rings. The number of hydrogen-bond donors (Lipinski definition) is 1. The highest BCUT2D eigenvalue weighted by molar-refractivity contribution is 7.15. The maximum atomic E-state index is 5.75. The molecule has 2 rings (SSSR count). The molecule has 2 heterocycles. The summed E-state index contributed by atoms with van der Waals surface area (Å²) in [6.07, 6.45) is 3.79. The molecule has 0 saturated carbocycles. The lowest BCUT2D eigenvalue weighted by Gasteiger charge is -2.34. The van der Waals surface area contributed by atoms with Gasteiger partial charge in [0.2, 0.25) is 0 Å². The Bertz CT molecular complexity index is 359. The molecule has 18 heavy (non-hydrogen) atoms. The number of morpholine rings is 1. The lowest BCUT2D eigenvalue weighted by molar-refractivity contribution is -0.0702. The van der Waals surface area contributed by atoms with Crippen LogP contribution in [-0.2, 0) is 11.3 Å². The van der Waals surface area contributed by atoms with Gasteiger partial charge in [0.25, 0.3) is 0 Å². The van der Waals surface area contributed by atoms with E-state index in [1.54, 1.807) is 11.3 Å². The number of ether oxygens (including phenoxy) is 1. The number of anilines is 1. The highest BCUT2D eigenvalue weighted by Gasteiger charge is 2.22. The standard InChI is InChI=1S/C13H23N3OS/c1-4-5-14-13-15-6-12(18-13)9-16-7-10(2)17-11(3)8-16/h6,10-11H,4-5,7-9H2,1-3H3,(H,14,15). The van der Waals surface area contributed by atoms with Crippen molar-refractivity contribution in [2.24, 2.45) is 0 Å². The second kappa shape index (κ2) is 6.50. The minimum Gasteiger partial charge on any atom is -0.373 e. The largest absolute Gasteiger partial charge is 0.373 e. The fraction of sp³-hybridized carbons (Fsp3) is 0.769. The summed E-state index contributed by atoms with van der Waals surface area (Å²) < 4.78 is 5.75. The van der Waals surface area contributed by atoms with Crippen LogP contribution in [0.15, 0.2) is 6.20 Å². The smallest absolute Gasteiger partial charge is 0.182 e. The summed E-state index contributed by atoms with van der Waals surface area (Å²) in [5, 5.41) is 4.38. The number of hydrogen-bond acceptors (Lipinski definition) is 5. The molecule has 2 unspecified atom stereocenters. The van der Waals surface area contributed by atoms with Crippen LogP contribution >= 0.6 is 11.3 Å². The Morgan fingerprint density at radius 3 is 2.83 bits per heavy atom. The fourth-order valence-corrected chi connectivity index (χ4v) is 3.21. The lowest BCUT2D eigenvalue weighted by atomic mass is 10.2. The molecule has 1 aliphatic rings. The summed E-state index contributed by atoms with van der Waals surface area (Å²) in [5.41, 5.74) is 0. The van der Waals surface area contributed by atoms with Gasteiger partial charge < -0.3 is 10.1 Å². The van der Waals surface area contributed by atoms with Gasteiger partial charge in [0.1, 0.15) is 0 Å². The van der Waals surface area contributed by atoms with Gasteiger partial charge in [0.15, 0.2) is 5.13 Å². The normalized spacial score (nSPS) is 25.3. The fourth-order valence-electron chi connectivity index (χ4n) is 2.33. The first kappa shape index (κ1) is 13.8. The van der Waals surface area contributed by atoms with Gasteiger partial charge in [0, 0.05) is 37.3 Å². The van der Waals surface area contributed by atoms with Gasteiger partial charge in [0.05, 0.1) is 12.2 Å². The molecule has 1 aromatic heterocycles. The van der Waals surface area contributed by atoms with Crippen molar-refractivity contribution in [3.63, 3.8) is 0 Å². The van der Waals surface area contributed by atoms with Gasteiger partial charge in [-0.3, -0.25) is 4.90 Å². The maximum absolute atomic E-state index is 5.75. The van der Waals surface area contributed by atoms with E-state index >= 15 is 0 Å². The second-order valence-electron chi connectivity index (χ2n) is 5.01. The number of rotatable bonds is 5. The van der Waals surface area contributed by atoms with Crippen LogP contribution in [-0.4, -0.2) is 41.7 Å². The molecule has 0 amide bonds. The number of thiazole rings is 1. The zero-order chi connectivity index (χ0) is 13.0. The molecule has 0 aromatic carbocycles. The average Bonchev–Trinajstić information content (AvgIpc) is 2.72. The van der Waals surface area contributed by atoms with Crippen LogP contribution in [0.4, 0.5) is 5.13 Å². The topological polar surface area (TPSA) is 37.4 Å². The summed E-state index contributed by atoms with van der Waals surface area (Å²) in [7, 11) is 0. The Kier molecular flexibility index (Phi) is 4.97. The monoisotopic (exact) mass is 269 g/mol. The SMILES string of the molecule is CCCNc1ncc(CN2CC(C)OC(C)C2)s1. The van der Waals surface area contributed by atoms with E-state index in [-0.39, 0.29) is 0 Å². The molecular formula is C13H23N3OS. The predicted octanol–water partition coefficient (Wildman–Crippen LogP) is 2.57. The minimum atomic E-state index is 0.333. The Morgan fingerprint density at radius 2 is 2.17 bits per heavy atom. The zero-order valence-corrected chi connectivity index (χ0v) is 12.3.